The van der Waals surface area contributed by atoms with Crippen molar-refractivity contribution in [1.29, 1.82) is 0 Å². The van der Waals surface area contributed by atoms with E-state index in [1.165, 1.54) is 0 Å². The van der Waals surface area contributed by atoms with Crippen molar-refractivity contribution in [3.63, 3.8) is 0 Å². The van der Waals surface area contributed by atoms with Crippen molar-refractivity contribution in [1.82, 2.24) is 4.98 Å². The second-order valence-corrected chi connectivity index (χ2v) is 6.20. The number of aromatic nitrogens is 1. The molecule has 6 heteroatoms. The van der Waals surface area contributed by atoms with Gasteiger partial charge in [0.25, 0.3) is 0 Å². The van der Waals surface area contributed by atoms with Crippen molar-refractivity contribution in [3.05, 3.63) is 47.7 Å². The van der Waals surface area contributed by atoms with Gasteiger partial charge in [0, 0.05) is 49.4 Å². The number of nitrogens with two attached hydrogens (primary N) is 1. The second kappa shape index (κ2) is 5.40. The highest BCUT2D eigenvalue weighted by molar-refractivity contribution is 5.97. The van der Waals surface area contributed by atoms with Gasteiger partial charge < -0.3 is 20.1 Å². The summed E-state index contributed by atoms with van der Waals surface area (Å²) in [5, 5.41) is 0. The first-order chi connectivity index (χ1) is 11.6. The number of rotatable bonds is 2. The Morgan fingerprint density at radius 2 is 2.08 bits per heavy atom. The SMILES string of the molecule is COc1cccc2c1C(=O)OC21CCN(c2cc(N)ccn2)CC1. The fraction of sp³-hybridized carbons (Fsp3) is 0.333. The highest BCUT2D eigenvalue weighted by atomic mass is 16.6. The molecule has 1 saturated heterocycles. The number of carbonyl (C=O) groups excluding carboxylic acids is 1. The molecule has 2 aromatic rings. The zero-order valence-electron chi connectivity index (χ0n) is 13.5. The molecule has 3 heterocycles. The number of esters is 1. The van der Waals surface area contributed by atoms with Gasteiger partial charge in [0.1, 0.15) is 22.7 Å². The molecule has 1 fully saturated rings. The van der Waals surface area contributed by atoms with Gasteiger partial charge in [-0.15, -0.1) is 0 Å². The van der Waals surface area contributed by atoms with Crippen molar-refractivity contribution in [3.8, 4) is 5.75 Å². The Bertz CT molecular complexity index is 798. The Morgan fingerprint density at radius 3 is 2.79 bits per heavy atom. The zero-order chi connectivity index (χ0) is 16.7. The first-order valence-corrected chi connectivity index (χ1v) is 8.00. The third-order valence-electron chi connectivity index (χ3n) is 4.89. The summed E-state index contributed by atoms with van der Waals surface area (Å²) in [7, 11) is 1.57. The van der Waals surface area contributed by atoms with E-state index in [9.17, 15) is 4.79 Å². The van der Waals surface area contributed by atoms with E-state index in [0.29, 0.717) is 17.0 Å². The number of ether oxygens (including phenoxy) is 2. The number of nitrogens with zero attached hydrogens (tertiary/aromatic N) is 2. The van der Waals surface area contributed by atoms with Crippen LogP contribution in [0.3, 0.4) is 0 Å². The average Bonchev–Trinajstić information content (AvgIpc) is 2.88. The highest BCUT2D eigenvalue weighted by Gasteiger charge is 2.48. The van der Waals surface area contributed by atoms with Gasteiger partial charge in [0.15, 0.2) is 0 Å². The molecule has 0 amide bonds. The van der Waals surface area contributed by atoms with E-state index in [-0.39, 0.29) is 5.97 Å². The topological polar surface area (TPSA) is 77.7 Å². The number of hydrogen-bond donors (Lipinski definition) is 1. The number of carbonyl (C=O) groups is 1. The van der Waals surface area contributed by atoms with Gasteiger partial charge in [-0.1, -0.05) is 12.1 Å². The van der Waals surface area contributed by atoms with Crippen LogP contribution in [0.5, 0.6) is 5.75 Å². The van der Waals surface area contributed by atoms with Crippen LogP contribution < -0.4 is 15.4 Å². The molecule has 2 aliphatic rings. The summed E-state index contributed by atoms with van der Waals surface area (Å²) in [5.74, 6) is 1.15. The number of pyridine rings is 1. The molecular formula is C18H19N3O3. The molecule has 6 nitrogen and oxygen atoms in total. The summed E-state index contributed by atoms with van der Waals surface area (Å²) in [5.41, 5.74) is 7.49. The molecule has 24 heavy (non-hydrogen) atoms. The molecule has 4 rings (SSSR count). The van der Waals surface area contributed by atoms with Gasteiger partial charge in [-0.3, -0.25) is 0 Å². The number of hydrogen-bond acceptors (Lipinski definition) is 6. The van der Waals surface area contributed by atoms with E-state index in [0.717, 1.165) is 37.3 Å². The molecule has 124 valence electrons. The van der Waals surface area contributed by atoms with Gasteiger partial charge in [-0.2, -0.15) is 0 Å². The molecule has 0 saturated carbocycles. The molecule has 0 unspecified atom stereocenters. The lowest BCUT2D eigenvalue weighted by atomic mass is 9.83. The zero-order valence-corrected chi connectivity index (χ0v) is 13.5. The van der Waals surface area contributed by atoms with Crippen LogP contribution in [0.1, 0.15) is 28.8 Å². The molecule has 2 N–H and O–H groups in total. The monoisotopic (exact) mass is 325 g/mol. The third kappa shape index (κ3) is 2.18. The van der Waals surface area contributed by atoms with Gasteiger partial charge >= 0.3 is 5.97 Å². The van der Waals surface area contributed by atoms with Crippen LogP contribution in [0.4, 0.5) is 11.5 Å². The predicted molar refractivity (Wildman–Crippen MR) is 90.2 cm³/mol. The number of anilines is 2. The van der Waals surface area contributed by atoms with Crippen LogP contribution in [-0.2, 0) is 10.3 Å². The van der Waals surface area contributed by atoms with E-state index < -0.39 is 5.60 Å². The summed E-state index contributed by atoms with van der Waals surface area (Å²) < 4.78 is 11.1. The van der Waals surface area contributed by atoms with Gasteiger partial charge in [-0.05, 0) is 12.1 Å². The predicted octanol–water partition coefficient (Wildman–Crippen LogP) is 2.34. The lowest BCUT2D eigenvalue weighted by molar-refractivity contribution is -0.0211. The van der Waals surface area contributed by atoms with Crippen molar-refractivity contribution in [2.24, 2.45) is 0 Å². The standard InChI is InChI=1S/C18H19N3O3/c1-23-14-4-2-3-13-16(14)17(22)24-18(13)6-9-21(10-7-18)15-11-12(19)5-8-20-15/h2-5,8,11H,6-7,9-10H2,1H3,(H2,19,20). The van der Waals surface area contributed by atoms with E-state index in [2.05, 4.69) is 9.88 Å². The summed E-state index contributed by atoms with van der Waals surface area (Å²) >= 11 is 0. The van der Waals surface area contributed by atoms with Crippen molar-refractivity contribution >= 4 is 17.5 Å². The fourth-order valence-corrected chi connectivity index (χ4v) is 3.65. The summed E-state index contributed by atoms with van der Waals surface area (Å²) in [6, 6.07) is 9.32. The van der Waals surface area contributed by atoms with Gasteiger partial charge in [-0.25, -0.2) is 9.78 Å². The molecular weight excluding hydrogens is 306 g/mol. The number of fused-ring (bicyclic) bond motifs is 2. The molecule has 0 bridgehead atoms. The van der Waals surface area contributed by atoms with Crippen LogP contribution in [0.25, 0.3) is 0 Å². The summed E-state index contributed by atoms with van der Waals surface area (Å²) in [6.07, 6.45) is 3.15. The number of methoxy groups -OCH3 is 1. The highest BCUT2D eigenvalue weighted by Crippen LogP contribution is 2.47. The number of piperidine rings is 1. The molecule has 0 radical (unpaired) electrons. The molecule has 0 aliphatic carbocycles. The van der Waals surface area contributed by atoms with Gasteiger partial charge in [0.2, 0.25) is 0 Å². The summed E-state index contributed by atoms with van der Waals surface area (Å²) in [6.45, 7) is 1.50. The molecule has 1 aromatic carbocycles. The Morgan fingerprint density at radius 1 is 1.29 bits per heavy atom. The second-order valence-electron chi connectivity index (χ2n) is 6.20. The van der Waals surface area contributed by atoms with Crippen LogP contribution in [0, 0.1) is 0 Å². The Kier molecular flexibility index (Phi) is 3.33. The van der Waals surface area contributed by atoms with Crippen molar-refractivity contribution < 1.29 is 14.3 Å². The average molecular weight is 325 g/mol. The lowest BCUT2D eigenvalue weighted by Gasteiger charge is -2.39. The number of nitrogen functional groups attached to an aromatic ring is 1. The van der Waals surface area contributed by atoms with E-state index in [1.807, 2.05) is 18.2 Å². The van der Waals surface area contributed by atoms with Crippen LogP contribution in [0.2, 0.25) is 0 Å². The largest absolute Gasteiger partial charge is 0.496 e. The van der Waals surface area contributed by atoms with E-state index >= 15 is 0 Å². The van der Waals surface area contributed by atoms with Crippen LogP contribution in [-0.4, -0.2) is 31.2 Å². The molecule has 1 aromatic heterocycles. The Labute approximate surface area is 140 Å². The smallest absolute Gasteiger partial charge is 0.343 e. The fourth-order valence-electron chi connectivity index (χ4n) is 3.65. The normalized spacial score (nSPS) is 18.4. The molecule has 0 atom stereocenters. The van der Waals surface area contributed by atoms with Crippen molar-refractivity contribution in [2.45, 2.75) is 18.4 Å². The minimum Gasteiger partial charge on any atom is -0.496 e. The third-order valence-corrected chi connectivity index (χ3v) is 4.89. The Balaban J connectivity index is 1.62. The lowest BCUT2D eigenvalue weighted by Crippen LogP contribution is -2.43. The maximum Gasteiger partial charge on any atom is 0.343 e. The van der Waals surface area contributed by atoms with Crippen molar-refractivity contribution in [2.75, 3.05) is 30.8 Å². The van der Waals surface area contributed by atoms with Crippen LogP contribution in [0.15, 0.2) is 36.5 Å². The minimum absolute atomic E-state index is 0.294. The van der Waals surface area contributed by atoms with Crippen LogP contribution >= 0.6 is 0 Å². The quantitative estimate of drug-likeness (QED) is 0.854. The molecule has 1 spiro atoms. The molecule has 2 aliphatic heterocycles. The first kappa shape index (κ1) is 14.8. The maximum atomic E-state index is 12.4. The Hall–Kier alpha value is -2.76. The maximum absolute atomic E-state index is 12.4. The van der Waals surface area contributed by atoms with E-state index in [1.54, 1.807) is 25.4 Å². The first-order valence-electron chi connectivity index (χ1n) is 8.00. The minimum atomic E-state index is -0.558. The van der Waals surface area contributed by atoms with E-state index in [4.69, 9.17) is 15.2 Å². The number of benzene rings is 1. The van der Waals surface area contributed by atoms with Gasteiger partial charge in [0.05, 0.1) is 7.11 Å². The summed E-state index contributed by atoms with van der Waals surface area (Å²) in [4.78, 5) is 18.9.